The molecule has 0 bridgehead atoms. The van der Waals surface area contributed by atoms with Crippen LogP contribution in [-0.4, -0.2) is 34.7 Å². The van der Waals surface area contributed by atoms with Crippen molar-refractivity contribution < 1.29 is 14.1 Å². The van der Waals surface area contributed by atoms with Crippen molar-refractivity contribution in [3.63, 3.8) is 0 Å². The van der Waals surface area contributed by atoms with E-state index < -0.39 is 0 Å². The van der Waals surface area contributed by atoms with E-state index in [1.807, 2.05) is 24.3 Å². The van der Waals surface area contributed by atoms with Crippen LogP contribution < -0.4 is 10.1 Å². The van der Waals surface area contributed by atoms with Crippen molar-refractivity contribution in [1.29, 1.82) is 0 Å². The third kappa shape index (κ3) is 3.67. The van der Waals surface area contributed by atoms with Crippen LogP contribution in [0.5, 0.6) is 5.75 Å². The number of nitrogens with one attached hydrogen (secondary N) is 1. The average Bonchev–Trinajstić information content (AvgIpc) is 3.06. The van der Waals surface area contributed by atoms with Crippen LogP contribution >= 0.6 is 0 Å². The zero-order valence-electron chi connectivity index (χ0n) is 14.0. The molecule has 128 valence electrons. The second-order valence-electron chi connectivity index (χ2n) is 5.90. The molecule has 2 aromatic rings. The minimum absolute atomic E-state index is 0.113. The highest BCUT2D eigenvalue weighted by Gasteiger charge is 2.31. The van der Waals surface area contributed by atoms with Crippen LogP contribution in [0.1, 0.15) is 42.6 Å². The first-order chi connectivity index (χ1) is 11.7. The third-order valence-electron chi connectivity index (χ3n) is 4.17. The molecule has 24 heavy (non-hydrogen) atoms. The van der Waals surface area contributed by atoms with E-state index in [9.17, 15) is 4.79 Å². The molecule has 0 unspecified atom stereocenters. The third-order valence-corrected chi connectivity index (χ3v) is 4.17. The maximum absolute atomic E-state index is 12.6. The van der Waals surface area contributed by atoms with E-state index in [0.717, 1.165) is 30.6 Å². The number of hydrogen-bond acceptors (Lipinski definition) is 5. The lowest BCUT2D eigenvalue weighted by atomic mass is 10.0. The van der Waals surface area contributed by atoms with Crippen LogP contribution in [0.3, 0.4) is 0 Å². The van der Waals surface area contributed by atoms with Crippen molar-refractivity contribution in [2.45, 2.75) is 38.8 Å². The number of rotatable bonds is 4. The van der Waals surface area contributed by atoms with Crippen molar-refractivity contribution >= 4 is 6.03 Å². The number of aromatic nitrogens is 2. The molecule has 1 aromatic carbocycles. The van der Waals surface area contributed by atoms with Gasteiger partial charge in [0, 0.05) is 13.1 Å². The lowest BCUT2D eigenvalue weighted by molar-refractivity contribution is 0.131. The lowest BCUT2D eigenvalue weighted by Gasteiger charge is -2.33. The molecule has 1 N–H and O–H groups in total. The molecule has 0 radical (unpaired) electrons. The van der Waals surface area contributed by atoms with Crippen LogP contribution in [0, 0.1) is 6.92 Å². The highest BCUT2D eigenvalue weighted by Crippen LogP contribution is 2.29. The molecular weight excluding hydrogens is 308 g/mol. The number of carbonyl (C=O) groups is 1. The topological polar surface area (TPSA) is 80.5 Å². The predicted octanol–water partition coefficient (Wildman–Crippen LogP) is 2.82. The molecule has 7 nitrogen and oxygen atoms in total. The number of urea groups is 1. The average molecular weight is 330 g/mol. The minimum atomic E-state index is -0.148. The molecule has 1 fully saturated rings. The van der Waals surface area contributed by atoms with Gasteiger partial charge in [-0.05, 0) is 43.9 Å². The Morgan fingerprint density at radius 3 is 3.08 bits per heavy atom. The highest BCUT2D eigenvalue weighted by atomic mass is 16.5. The summed E-state index contributed by atoms with van der Waals surface area (Å²) in [6.07, 6.45) is 2.87. The molecule has 1 aromatic heterocycles. The van der Waals surface area contributed by atoms with Gasteiger partial charge in [-0.15, -0.1) is 0 Å². The molecule has 0 spiro atoms. The number of benzene rings is 1. The summed E-state index contributed by atoms with van der Waals surface area (Å²) in [5, 5.41) is 6.81. The van der Waals surface area contributed by atoms with Crippen LogP contribution in [-0.2, 0) is 6.54 Å². The minimum Gasteiger partial charge on any atom is -0.497 e. The maximum Gasteiger partial charge on any atom is 0.318 e. The number of likely N-dealkylation sites (tertiary alicyclic amines) is 1. The van der Waals surface area contributed by atoms with Crippen molar-refractivity contribution in [2.75, 3.05) is 13.7 Å². The lowest BCUT2D eigenvalue weighted by Crippen LogP contribution is -2.44. The summed E-state index contributed by atoms with van der Waals surface area (Å²) in [6.45, 7) is 2.92. The Labute approximate surface area is 141 Å². The first-order valence-corrected chi connectivity index (χ1v) is 8.15. The first-order valence-electron chi connectivity index (χ1n) is 8.15. The fraction of sp³-hybridized carbons (Fsp3) is 0.471. The number of amides is 2. The van der Waals surface area contributed by atoms with Gasteiger partial charge in [-0.3, -0.25) is 0 Å². The molecule has 7 heteroatoms. The van der Waals surface area contributed by atoms with Gasteiger partial charge in [0.25, 0.3) is 0 Å². The van der Waals surface area contributed by atoms with E-state index in [2.05, 4.69) is 15.5 Å². The summed E-state index contributed by atoms with van der Waals surface area (Å²) in [6, 6.07) is 7.39. The number of carbonyl (C=O) groups excluding carboxylic acids is 1. The van der Waals surface area contributed by atoms with Crippen LogP contribution in [0.4, 0.5) is 4.79 Å². The molecule has 1 atom stereocenters. The summed E-state index contributed by atoms with van der Waals surface area (Å²) < 4.78 is 10.5. The van der Waals surface area contributed by atoms with Gasteiger partial charge < -0.3 is 19.5 Å². The second-order valence-corrected chi connectivity index (χ2v) is 5.90. The summed E-state index contributed by atoms with van der Waals surface area (Å²) in [5.74, 6) is 1.88. The van der Waals surface area contributed by atoms with Crippen molar-refractivity contribution in [3.05, 3.63) is 41.5 Å². The molecule has 1 aliphatic rings. The highest BCUT2D eigenvalue weighted by molar-refractivity contribution is 5.74. The fourth-order valence-electron chi connectivity index (χ4n) is 2.94. The largest absolute Gasteiger partial charge is 0.497 e. The molecule has 2 amide bonds. The van der Waals surface area contributed by atoms with Gasteiger partial charge >= 0.3 is 6.03 Å². The number of hydrogen-bond donors (Lipinski definition) is 1. The van der Waals surface area contributed by atoms with Crippen molar-refractivity contribution in [2.24, 2.45) is 0 Å². The molecule has 1 aliphatic heterocycles. The smallest absolute Gasteiger partial charge is 0.318 e. The number of ether oxygens (including phenoxy) is 1. The van der Waals surface area contributed by atoms with Crippen LogP contribution in [0.25, 0.3) is 0 Å². The van der Waals surface area contributed by atoms with E-state index >= 15 is 0 Å². The molecular formula is C17H22N4O3. The number of methoxy groups -OCH3 is 1. The maximum atomic E-state index is 12.6. The van der Waals surface area contributed by atoms with Gasteiger partial charge in [0.15, 0.2) is 5.82 Å². The molecule has 1 saturated heterocycles. The quantitative estimate of drug-likeness (QED) is 0.932. The Kier molecular flexibility index (Phi) is 4.98. The summed E-state index contributed by atoms with van der Waals surface area (Å²) in [5.41, 5.74) is 0.991. The van der Waals surface area contributed by atoms with Gasteiger partial charge in [-0.25, -0.2) is 4.79 Å². The van der Waals surface area contributed by atoms with E-state index in [-0.39, 0.29) is 12.1 Å². The summed E-state index contributed by atoms with van der Waals surface area (Å²) in [4.78, 5) is 18.7. The number of piperidine rings is 1. The Bertz CT molecular complexity index is 701. The Morgan fingerprint density at radius 1 is 1.46 bits per heavy atom. The zero-order chi connectivity index (χ0) is 16.9. The molecule has 0 saturated carbocycles. The predicted molar refractivity (Wildman–Crippen MR) is 87.6 cm³/mol. The van der Waals surface area contributed by atoms with Gasteiger partial charge in [0.1, 0.15) is 11.8 Å². The van der Waals surface area contributed by atoms with Gasteiger partial charge in [-0.1, -0.05) is 17.3 Å². The van der Waals surface area contributed by atoms with Gasteiger partial charge in [-0.2, -0.15) is 4.98 Å². The molecule has 3 rings (SSSR count). The zero-order valence-corrected chi connectivity index (χ0v) is 14.0. The van der Waals surface area contributed by atoms with Crippen LogP contribution in [0.2, 0.25) is 0 Å². The number of nitrogens with zero attached hydrogens (tertiary/aromatic N) is 3. The monoisotopic (exact) mass is 330 g/mol. The van der Waals surface area contributed by atoms with E-state index in [1.54, 1.807) is 18.9 Å². The van der Waals surface area contributed by atoms with E-state index in [4.69, 9.17) is 9.26 Å². The van der Waals surface area contributed by atoms with E-state index in [0.29, 0.717) is 24.8 Å². The standard InChI is InChI=1S/C17H22N4O3/c1-12-19-16(24-20-12)15-8-3-4-9-21(15)17(22)18-11-13-6-5-7-14(10-13)23-2/h5-7,10,15H,3-4,8-9,11H2,1-2H3,(H,18,22)/t15-/m1/s1. The SMILES string of the molecule is COc1cccc(CNC(=O)N2CCCC[C@@H]2c2nc(C)no2)c1. The van der Waals surface area contributed by atoms with Crippen molar-refractivity contribution in [1.82, 2.24) is 20.4 Å². The Balaban J connectivity index is 1.65. The van der Waals surface area contributed by atoms with Crippen molar-refractivity contribution in [3.8, 4) is 5.75 Å². The molecule has 2 heterocycles. The second kappa shape index (κ2) is 7.33. The summed E-state index contributed by atoms with van der Waals surface area (Å²) >= 11 is 0. The van der Waals surface area contributed by atoms with Gasteiger partial charge in [0.05, 0.1) is 7.11 Å². The van der Waals surface area contributed by atoms with Crippen LogP contribution in [0.15, 0.2) is 28.8 Å². The summed E-state index contributed by atoms with van der Waals surface area (Å²) in [7, 11) is 1.63. The fourth-order valence-corrected chi connectivity index (χ4v) is 2.94. The van der Waals surface area contributed by atoms with E-state index in [1.165, 1.54) is 0 Å². The first kappa shape index (κ1) is 16.3. The Hall–Kier alpha value is -2.57. The normalized spacial score (nSPS) is 17.6. The number of aryl methyl sites for hydroxylation is 1. The molecule has 0 aliphatic carbocycles. The Morgan fingerprint density at radius 2 is 2.33 bits per heavy atom. The van der Waals surface area contributed by atoms with Gasteiger partial charge in [0.2, 0.25) is 5.89 Å².